The first-order valence-corrected chi connectivity index (χ1v) is 6.39. The third-order valence-corrected chi connectivity index (χ3v) is 2.80. The van der Waals surface area contributed by atoms with Gasteiger partial charge in [0.15, 0.2) is 0 Å². The summed E-state index contributed by atoms with van der Waals surface area (Å²) < 4.78 is 5.55. The van der Waals surface area contributed by atoms with Crippen molar-refractivity contribution < 1.29 is 19.4 Å². The third kappa shape index (κ3) is 5.35. The molecule has 1 aliphatic heterocycles. The molecule has 2 unspecified atom stereocenters. The summed E-state index contributed by atoms with van der Waals surface area (Å²) in [6, 6.07) is -0.0904. The highest BCUT2D eigenvalue weighted by Crippen LogP contribution is 2.10. The summed E-state index contributed by atoms with van der Waals surface area (Å²) in [7, 11) is 0. The number of hydrogen-bond donors (Lipinski definition) is 2. The van der Waals surface area contributed by atoms with Crippen molar-refractivity contribution in [2.75, 3.05) is 19.6 Å². The maximum absolute atomic E-state index is 11.8. The Bertz CT molecular complexity index is 286. The number of carboxylic acids is 1. The predicted octanol–water partition coefficient (Wildman–Crippen LogP) is 1.06. The zero-order chi connectivity index (χ0) is 13.5. The average Bonchev–Trinajstić information content (AvgIpc) is 2.26. The molecule has 0 aromatic carbocycles. The minimum atomic E-state index is -0.794. The van der Waals surface area contributed by atoms with E-state index in [1.807, 2.05) is 13.8 Å². The number of carboxylic acid groups (broad SMARTS) is 1. The van der Waals surface area contributed by atoms with Crippen molar-refractivity contribution in [3.8, 4) is 0 Å². The third-order valence-electron chi connectivity index (χ3n) is 2.80. The first-order valence-electron chi connectivity index (χ1n) is 6.39. The van der Waals surface area contributed by atoms with Gasteiger partial charge < -0.3 is 20.1 Å². The molecule has 0 radical (unpaired) electrons. The lowest BCUT2D eigenvalue weighted by Crippen LogP contribution is -2.51. The monoisotopic (exact) mass is 258 g/mol. The maximum Gasteiger partial charge on any atom is 0.317 e. The topological polar surface area (TPSA) is 78.9 Å². The second kappa shape index (κ2) is 7.20. The molecular weight excluding hydrogens is 236 g/mol. The Morgan fingerprint density at radius 3 is 2.44 bits per heavy atom. The van der Waals surface area contributed by atoms with Crippen LogP contribution in [0.4, 0.5) is 4.79 Å². The molecule has 0 spiro atoms. The zero-order valence-electron chi connectivity index (χ0n) is 11.0. The van der Waals surface area contributed by atoms with Gasteiger partial charge in [-0.2, -0.15) is 0 Å². The van der Waals surface area contributed by atoms with Crippen molar-refractivity contribution in [1.82, 2.24) is 10.2 Å². The van der Waals surface area contributed by atoms with Crippen LogP contribution in [0.1, 0.15) is 33.1 Å². The SMILES string of the molecule is CC1CN(C(=O)NCCCCC(=O)O)CC(C)O1. The van der Waals surface area contributed by atoms with Crippen LogP contribution in [0.2, 0.25) is 0 Å². The highest BCUT2D eigenvalue weighted by atomic mass is 16.5. The summed E-state index contributed by atoms with van der Waals surface area (Å²) >= 11 is 0. The van der Waals surface area contributed by atoms with Crippen LogP contribution in [0.15, 0.2) is 0 Å². The number of nitrogens with one attached hydrogen (secondary N) is 1. The molecule has 1 heterocycles. The fourth-order valence-corrected chi connectivity index (χ4v) is 2.05. The fraction of sp³-hybridized carbons (Fsp3) is 0.833. The number of rotatable bonds is 5. The quantitative estimate of drug-likeness (QED) is 0.723. The Morgan fingerprint density at radius 2 is 1.89 bits per heavy atom. The van der Waals surface area contributed by atoms with Crippen molar-refractivity contribution in [2.45, 2.75) is 45.3 Å². The molecule has 2 N–H and O–H groups in total. The van der Waals surface area contributed by atoms with Crippen LogP contribution in [-0.4, -0.2) is 53.8 Å². The van der Waals surface area contributed by atoms with E-state index in [2.05, 4.69) is 5.32 Å². The molecule has 1 saturated heterocycles. The number of ether oxygens (including phenoxy) is 1. The van der Waals surface area contributed by atoms with Crippen LogP contribution in [-0.2, 0) is 9.53 Å². The Hall–Kier alpha value is -1.30. The molecule has 104 valence electrons. The number of nitrogens with zero attached hydrogens (tertiary/aromatic N) is 1. The highest BCUT2D eigenvalue weighted by Gasteiger charge is 2.25. The summed E-state index contributed by atoms with van der Waals surface area (Å²) in [5.41, 5.74) is 0. The van der Waals surface area contributed by atoms with Gasteiger partial charge in [-0.1, -0.05) is 0 Å². The standard InChI is InChI=1S/C12H22N2O4/c1-9-7-14(8-10(2)18-9)12(17)13-6-4-3-5-11(15)16/h9-10H,3-8H2,1-2H3,(H,13,17)(H,15,16). The lowest BCUT2D eigenvalue weighted by molar-refractivity contribution is -0.137. The Kier molecular flexibility index (Phi) is 5.91. The van der Waals surface area contributed by atoms with Crippen molar-refractivity contribution in [2.24, 2.45) is 0 Å². The molecule has 1 aliphatic rings. The predicted molar refractivity (Wildman–Crippen MR) is 66.5 cm³/mol. The zero-order valence-corrected chi connectivity index (χ0v) is 11.0. The van der Waals surface area contributed by atoms with Gasteiger partial charge in [0.25, 0.3) is 0 Å². The van der Waals surface area contributed by atoms with E-state index in [0.717, 1.165) is 0 Å². The van der Waals surface area contributed by atoms with E-state index in [4.69, 9.17) is 9.84 Å². The van der Waals surface area contributed by atoms with Gasteiger partial charge in [0.1, 0.15) is 0 Å². The van der Waals surface area contributed by atoms with Gasteiger partial charge in [-0.05, 0) is 26.7 Å². The molecule has 2 amide bonds. The van der Waals surface area contributed by atoms with Crippen LogP contribution in [0.25, 0.3) is 0 Å². The molecule has 0 aliphatic carbocycles. The van der Waals surface area contributed by atoms with Crippen molar-refractivity contribution in [1.29, 1.82) is 0 Å². The minimum Gasteiger partial charge on any atom is -0.481 e. The summed E-state index contributed by atoms with van der Waals surface area (Å²) in [6.07, 6.45) is 1.55. The van der Waals surface area contributed by atoms with Gasteiger partial charge in [0.2, 0.25) is 0 Å². The molecule has 0 aromatic heterocycles. The highest BCUT2D eigenvalue weighted by molar-refractivity contribution is 5.74. The van der Waals surface area contributed by atoms with Crippen molar-refractivity contribution >= 4 is 12.0 Å². The van der Waals surface area contributed by atoms with Crippen LogP contribution in [0.3, 0.4) is 0 Å². The number of hydrogen-bond acceptors (Lipinski definition) is 3. The van der Waals surface area contributed by atoms with Crippen LogP contribution in [0, 0.1) is 0 Å². The number of carbonyl (C=O) groups excluding carboxylic acids is 1. The molecule has 18 heavy (non-hydrogen) atoms. The number of morpholine rings is 1. The summed E-state index contributed by atoms with van der Waals surface area (Å²) in [5.74, 6) is -0.794. The fourth-order valence-electron chi connectivity index (χ4n) is 2.05. The molecule has 0 aromatic rings. The normalized spacial score (nSPS) is 23.8. The molecule has 1 rings (SSSR count). The molecule has 1 fully saturated rings. The molecule has 0 bridgehead atoms. The molecule has 6 nitrogen and oxygen atoms in total. The van der Waals surface area contributed by atoms with Gasteiger partial charge in [0, 0.05) is 26.1 Å². The van der Waals surface area contributed by atoms with E-state index in [0.29, 0.717) is 32.5 Å². The number of urea groups is 1. The first-order chi connectivity index (χ1) is 8.49. The van der Waals surface area contributed by atoms with Gasteiger partial charge in [-0.3, -0.25) is 4.79 Å². The van der Waals surface area contributed by atoms with Gasteiger partial charge in [0.05, 0.1) is 12.2 Å². The van der Waals surface area contributed by atoms with Crippen LogP contribution < -0.4 is 5.32 Å². The van der Waals surface area contributed by atoms with Crippen LogP contribution >= 0.6 is 0 Å². The molecule has 0 saturated carbocycles. The second-order valence-electron chi connectivity index (χ2n) is 4.75. The van der Waals surface area contributed by atoms with E-state index < -0.39 is 5.97 Å². The summed E-state index contributed by atoms with van der Waals surface area (Å²) in [4.78, 5) is 23.9. The minimum absolute atomic E-state index is 0.0616. The van der Waals surface area contributed by atoms with Gasteiger partial charge in [-0.15, -0.1) is 0 Å². The maximum atomic E-state index is 11.8. The number of carbonyl (C=O) groups is 2. The number of aliphatic carboxylic acids is 1. The van der Waals surface area contributed by atoms with E-state index in [9.17, 15) is 9.59 Å². The van der Waals surface area contributed by atoms with E-state index in [1.165, 1.54) is 0 Å². The Labute approximate surface area is 107 Å². The number of unbranched alkanes of at least 4 members (excludes halogenated alkanes) is 1. The van der Waals surface area contributed by atoms with Crippen LogP contribution in [0.5, 0.6) is 0 Å². The first kappa shape index (κ1) is 14.8. The van der Waals surface area contributed by atoms with Gasteiger partial charge in [-0.25, -0.2) is 4.79 Å². The van der Waals surface area contributed by atoms with Crippen molar-refractivity contribution in [3.63, 3.8) is 0 Å². The van der Waals surface area contributed by atoms with E-state index >= 15 is 0 Å². The molecular formula is C12H22N2O4. The van der Waals surface area contributed by atoms with E-state index in [1.54, 1.807) is 4.90 Å². The largest absolute Gasteiger partial charge is 0.481 e. The lowest BCUT2D eigenvalue weighted by atomic mass is 10.2. The lowest BCUT2D eigenvalue weighted by Gasteiger charge is -2.35. The summed E-state index contributed by atoms with van der Waals surface area (Å²) in [5, 5.41) is 11.3. The average molecular weight is 258 g/mol. The van der Waals surface area contributed by atoms with E-state index in [-0.39, 0.29) is 24.7 Å². The summed E-state index contributed by atoms with van der Waals surface area (Å²) in [6.45, 7) is 5.62. The van der Waals surface area contributed by atoms with Crippen molar-refractivity contribution in [3.05, 3.63) is 0 Å². The Balaban J connectivity index is 2.18. The smallest absolute Gasteiger partial charge is 0.317 e. The Morgan fingerprint density at radius 1 is 1.28 bits per heavy atom. The second-order valence-corrected chi connectivity index (χ2v) is 4.75. The molecule has 2 atom stereocenters. The number of amides is 2. The van der Waals surface area contributed by atoms with Gasteiger partial charge >= 0.3 is 12.0 Å². The molecule has 6 heteroatoms.